The number of rotatable bonds is 3. The van der Waals surface area contributed by atoms with Gasteiger partial charge in [-0.05, 0) is 30.7 Å². The largest absolute Gasteiger partial charge is 0.444 e. The van der Waals surface area contributed by atoms with Crippen molar-refractivity contribution in [2.45, 2.75) is 13.0 Å². The van der Waals surface area contributed by atoms with Crippen LogP contribution in [0.25, 0.3) is 6.08 Å². The Morgan fingerprint density at radius 2 is 2.18 bits per heavy atom. The molecule has 0 spiro atoms. The van der Waals surface area contributed by atoms with Crippen LogP contribution in [-0.4, -0.2) is 12.1 Å². The summed E-state index contributed by atoms with van der Waals surface area (Å²) in [6.45, 7) is 1.49. The molecule has 0 radical (unpaired) electrons. The summed E-state index contributed by atoms with van der Waals surface area (Å²) in [5.41, 5.74) is 0.723. The first kappa shape index (κ1) is 13.6. The zero-order valence-corrected chi connectivity index (χ0v) is 10.5. The van der Waals surface area contributed by atoms with Crippen molar-refractivity contribution in [1.29, 1.82) is 5.26 Å². The van der Waals surface area contributed by atoms with E-state index in [0.29, 0.717) is 10.0 Å². The van der Waals surface area contributed by atoms with Crippen LogP contribution in [0.1, 0.15) is 12.5 Å². The zero-order chi connectivity index (χ0) is 12.8. The number of hydrogen-bond acceptors (Lipinski definition) is 3. The molecule has 0 fully saturated rings. The van der Waals surface area contributed by atoms with Crippen molar-refractivity contribution in [3.63, 3.8) is 0 Å². The average Bonchev–Trinajstić information content (AvgIpc) is 2.30. The number of carbonyl (C=O) groups excluding carboxylic acids is 1. The van der Waals surface area contributed by atoms with E-state index in [0.717, 1.165) is 5.56 Å². The number of esters is 1. The molecule has 88 valence electrons. The average molecular weight is 270 g/mol. The second-order valence-corrected chi connectivity index (χ2v) is 4.03. The van der Waals surface area contributed by atoms with Crippen molar-refractivity contribution in [3.05, 3.63) is 39.9 Å². The molecule has 0 aromatic heterocycles. The maximum absolute atomic E-state index is 11.2. The van der Waals surface area contributed by atoms with Gasteiger partial charge in [0.25, 0.3) is 0 Å². The molecular formula is C12H9Cl2NO2. The van der Waals surface area contributed by atoms with E-state index in [4.69, 9.17) is 33.2 Å². The molecule has 0 bridgehead atoms. The van der Waals surface area contributed by atoms with Gasteiger partial charge in [0, 0.05) is 6.08 Å². The highest BCUT2D eigenvalue weighted by Crippen LogP contribution is 2.23. The Morgan fingerprint density at radius 1 is 1.47 bits per heavy atom. The fourth-order valence-corrected chi connectivity index (χ4v) is 1.33. The van der Waals surface area contributed by atoms with E-state index in [1.807, 2.05) is 0 Å². The third kappa shape index (κ3) is 4.48. The third-order valence-electron chi connectivity index (χ3n) is 1.83. The van der Waals surface area contributed by atoms with Crippen LogP contribution in [0.4, 0.5) is 0 Å². The molecule has 0 unspecified atom stereocenters. The first-order chi connectivity index (χ1) is 8.02. The Morgan fingerprint density at radius 3 is 2.76 bits per heavy atom. The Hall–Kier alpha value is -1.50. The Bertz CT molecular complexity index is 492. The number of nitrogens with zero attached hydrogens (tertiary/aromatic N) is 1. The van der Waals surface area contributed by atoms with Gasteiger partial charge < -0.3 is 4.74 Å². The van der Waals surface area contributed by atoms with E-state index in [2.05, 4.69) is 0 Å². The van der Waals surface area contributed by atoms with Crippen molar-refractivity contribution in [3.8, 4) is 6.07 Å². The maximum Gasteiger partial charge on any atom is 0.332 e. The van der Waals surface area contributed by atoms with Crippen molar-refractivity contribution < 1.29 is 9.53 Å². The normalized spacial score (nSPS) is 12.1. The van der Waals surface area contributed by atoms with Crippen molar-refractivity contribution in [1.82, 2.24) is 0 Å². The Balaban J connectivity index is 2.68. The van der Waals surface area contributed by atoms with Gasteiger partial charge in [-0.15, -0.1) is 0 Å². The topological polar surface area (TPSA) is 50.1 Å². The van der Waals surface area contributed by atoms with Crippen LogP contribution in [0.5, 0.6) is 0 Å². The zero-order valence-electron chi connectivity index (χ0n) is 8.98. The maximum atomic E-state index is 11.2. The molecule has 0 aliphatic rings. The first-order valence-electron chi connectivity index (χ1n) is 4.76. The molecule has 0 saturated carbocycles. The van der Waals surface area contributed by atoms with Crippen molar-refractivity contribution >= 4 is 35.2 Å². The van der Waals surface area contributed by atoms with Crippen LogP contribution >= 0.6 is 23.2 Å². The number of carbonyl (C=O) groups is 1. The summed E-state index contributed by atoms with van der Waals surface area (Å²) < 4.78 is 4.73. The Kier molecular flexibility index (Phi) is 5.02. The molecule has 0 amide bonds. The fourth-order valence-electron chi connectivity index (χ4n) is 1.02. The van der Waals surface area contributed by atoms with Crippen LogP contribution in [-0.2, 0) is 9.53 Å². The van der Waals surface area contributed by atoms with E-state index in [9.17, 15) is 4.79 Å². The summed E-state index contributed by atoms with van der Waals surface area (Å²) in [6.07, 6.45) is 2.00. The molecule has 0 aliphatic carbocycles. The lowest BCUT2D eigenvalue weighted by molar-refractivity contribution is -0.139. The monoisotopic (exact) mass is 269 g/mol. The van der Waals surface area contributed by atoms with Gasteiger partial charge in [-0.1, -0.05) is 29.3 Å². The summed E-state index contributed by atoms with van der Waals surface area (Å²) >= 11 is 11.6. The van der Waals surface area contributed by atoms with Crippen molar-refractivity contribution in [2.24, 2.45) is 0 Å². The van der Waals surface area contributed by atoms with Gasteiger partial charge in [-0.25, -0.2) is 4.79 Å². The molecule has 17 heavy (non-hydrogen) atoms. The quantitative estimate of drug-likeness (QED) is 0.624. The van der Waals surface area contributed by atoms with Crippen molar-refractivity contribution in [2.75, 3.05) is 0 Å². The van der Waals surface area contributed by atoms with Gasteiger partial charge in [0.05, 0.1) is 10.0 Å². The highest BCUT2D eigenvalue weighted by Gasteiger charge is 2.04. The minimum absolute atomic E-state index is 0.410. The lowest BCUT2D eigenvalue weighted by Gasteiger charge is -2.01. The highest BCUT2D eigenvalue weighted by molar-refractivity contribution is 6.42. The van der Waals surface area contributed by atoms with Crippen LogP contribution in [0.3, 0.4) is 0 Å². The molecule has 1 rings (SSSR count). The summed E-state index contributed by atoms with van der Waals surface area (Å²) in [7, 11) is 0. The van der Waals surface area contributed by atoms with Crippen LogP contribution in [0.15, 0.2) is 24.3 Å². The molecule has 0 N–H and O–H groups in total. The van der Waals surface area contributed by atoms with E-state index in [-0.39, 0.29) is 0 Å². The lowest BCUT2D eigenvalue weighted by atomic mass is 10.2. The molecule has 1 aromatic rings. The minimum Gasteiger partial charge on any atom is -0.444 e. The predicted molar refractivity (Wildman–Crippen MR) is 66.7 cm³/mol. The SMILES string of the molecule is C[C@@H](C#N)OC(=O)/C=C/c1ccc(Cl)c(Cl)c1. The number of nitriles is 1. The number of hydrogen-bond donors (Lipinski definition) is 0. The van der Waals surface area contributed by atoms with Crippen LogP contribution in [0.2, 0.25) is 10.0 Å². The van der Waals surface area contributed by atoms with Crippen LogP contribution < -0.4 is 0 Å². The number of benzene rings is 1. The van der Waals surface area contributed by atoms with Gasteiger partial charge in [0.15, 0.2) is 6.10 Å². The summed E-state index contributed by atoms with van der Waals surface area (Å²) in [6, 6.07) is 6.77. The summed E-state index contributed by atoms with van der Waals surface area (Å²) in [5, 5.41) is 9.31. The van der Waals surface area contributed by atoms with Gasteiger partial charge in [0.2, 0.25) is 0 Å². The van der Waals surface area contributed by atoms with Gasteiger partial charge in [0.1, 0.15) is 6.07 Å². The molecule has 3 nitrogen and oxygen atoms in total. The molecule has 0 aliphatic heterocycles. The third-order valence-corrected chi connectivity index (χ3v) is 2.57. The molecule has 1 atom stereocenters. The first-order valence-corrected chi connectivity index (χ1v) is 5.52. The highest BCUT2D eigenvalue weighted by atomic mass is 35.5. The van der Waals surface area contributed by atoms with E-state index >= 15 is 0 Å². The number of halogens is 2. The van der Waals surface area contributed by atoms with E-state index in [1.54, 1.807) is 24.3 Å². The second kappa shape index (κ2) is 6.29. The number of ether oxygens (including phenoxy) is 1. The summed E-state index contributed by atoms with van der Waals surface area (Å²) in [4.78, 5) is 11.2. The molecule has 0 heterocycles. The molecular weight excluding hydrogens is 261 g/mol. The lowest BCUT2D eigenvalue weighted by Crippen LogP contribution is -2.10. The van der Waals surface area contributed by atoms with E-state index < -0.39 is 12.1 Å². The standard InChI is InChI=1S/C12H9Cl2NO2/c1-8(7-15)17-12(16)5-3-9-2-4-10(13)11(14)6-9/h2-6,8H,1H3/b5-3+/t8-/m0/s1. The fraction of sp³-hybridized carbons (Fsp3) is 0.167. The van der Waals surface area contributed by atoms with Gasteiger partial charge >= 0.3 is 5.97 Å². The van der Waals surface area contributed by atoms with Gasteiger partial charge in [-0.2, -0.15) is 5.26 Å². The summed E-state index contributed by atoms with van der Waals surface area (Å²) in [5.74, 6) is -0.579. The Labute approximate surface area is 109 Å². The molecule has 0 saturated heterocycles. The second-order valence-electron chi connectivity index (χ2n) is 3.22. The minimum atomic E-state index is -0.763. The molecule has 5 heteroatoms. The van der Waals surface area contributed by atoms with E-state index in [1.165, 1.54) is 19.1 Å². The van der Waals surface area contributed by atoms with Crippen LogP contribution in [0, 0.1) is 11.3 Å². The molecule has 1 aromatic carbocycles. The van der Waals surface area contributed by atoms with Gasteiger partial charge in [-0.3, -0.25) is 0 Å². The predicted octanol–water partition coefficient (Wildman–Crippen LogP) is 3.46. The smallest absolute Gasteiger partial charge is 0.332 e.